The molecule has 0 bridgehead atoms. The lowest BCUT2D eigenvalue weighted by molar-refractivity contribution is -0.400. The molecule has 0 atom stereocenters. The van der Waals surface area contributed by atoms with Crippen molar-refractivity contribution in [3.05, 3.63) is 46.1 Å². The topological polar surface area (TPSA) is 43.1 Å². The lowest BCUT2D eigenvalue weighted by atomic mass is 10.2. The Morgan fingerprint density at radius 1 is 1.42 bits per heavy atom. The number of hydrogen-bond donors (Lipinski definition) is 1. The normalized spacial score (nSPS) is 10.4. The Balaban J connectivity index is 2.89. The summed E-state index contributed by atoms with van der Waals surface area (Å²) >= 11 is 4.13. The van der Waals surface area contributed by atoms with Crippen molar-refractivity contribution in [2.45, 2.75) is 4.90 Å². The summed E-state index contributed by atoms with van der Waals surface area (Å²) in [5, 5.41) is 9.98. The minimum absolute atomic E-state index is 0.500. The summed E-state index contributed by atoms with van der Waals surface area (Å²) in [5.74, 6) is 0. The summed E-state index contributed by atoms with van der Waals surface area (Å²) in [6.45, 7) is 0. The van der Waals surface area contributed by atoms with E-state index >= 15 is 0 Å². The largest absolute Gasteiger partial charge is 0.259 e. The maximum absolute atomic E-state index is 9.98. The molecular weight excluding hydrogens is 174 g/mol. The van der Waals surface area contributed by atoms with Gasteiger partial charge in [0.2, 0.25) is 6.20 Å². The Hall–Kier alpha value is -1.29. The molecule has 0 heterocycles. The van der Waals surface area contributed by atoms with E-state index in [-0.39, 0.29) is 0 Å². The first kappa shape index (κ1) is 8.80. The summed E-state index contributed by atoms with van der Waals surface area (Å²) < 4.78 is 0. The van der Waals surface area contributed by atoms with Crippen LogP contribution in [0, 0.1) is 10.1 Å². The van der Waals surface area contributed by atoms with Crippen molar-refractivity contribution < 1.29 is 4.92 Å². The molecule has 0 aromatic heterocycles. The molecule has 12 heavy (non-hydrogen) atoms. The number of hydrogen-bond acceptors (Lipinski definition) is 3. The molecule has 1 aromatic rings. The Morgan fingerprint density at radius 3 is 2.67 bits per heavy atom. The molecule has 0 spiro atoms. The van der Waals surface area contributed by atoms with Crippen molar-refractivity contribution in [2.75, 3.05) is 0 Å². The lowest BCUT2D eigenvalue weighted by Crippen LogP contribution is -1.82. The quantitative estimate of drug-likeness (QED) is 0.432. The van der Waals surface area contributed by atoms with Gasteiger partial charge >= 0.3 is 0 Å². The van der Waals surface area contributed by atoms with Crippen LogP contribution in [0.2, 0.25) is 0 Å². The van der Waals surface area contributed by atoms with Crippen LogP contribution in [-0.4, -0.2) is 4.92 Å². The highest BCUT2D eigenvalue weighted by molar-refractivity contribution is 7.80. The van der Waals surface area contributed by atoms with Crippen LogP contribution in [0.3, 0.4) is 0 Å². The third-order valence-electron chi connectivity index (χ3n) is 1.31. The first-order valence-corrected chi connectivity index (χ1v) is 3.74. The molecule has 4 heteroatoms. The summed E-state index contributed by atoms with van der Waals surface area (Å²) in [7, 11) is 0. The van der Waals surface area contributed by atoms with Gasteiger partial charge in [-0.15, -0.1) is 12.6 Å². The summed E-state index contributed by atoms with van der Waals surface area (Å²) in [6.07, 6.45) is 2.32. The van der Waals surface area contributed by atoms with Gasteiger partial charge in [-0.05, 0) is 11.6 Å². The van der Waals surface area contributed by atoms with Gasteiger partial charge in [0.15, 0.2) is 0 Å². The minimum atomic E-state index is -0.500. The first-order chi connectivity index (χ1) is 5.70. The van der Waals surface area contributed by atoms with Crippen molar-refractivity contribution in [1.29, 1.82) is 0 Å². The monoisotopic (exact) mass is 181 g/mol. The van der Waals surface area contributed by atoms with Crippen molar-refractivity contribution >= 4 is 18.7 Å². The van der Waals surface area contributed by atoms with Crippen LogP contribution in [0.5, 0.6) is 0 Å². The van der Waals surface area contributed by atoms with Crippen LogP contribution in [-0.2, 0) is 0 Å². The van der Waals surface area contributed by atoms with Crippen LogP contribution in [0.15, 0.2) is 35.4 Å². The predicted octanol–water partition coefficient (Wildman–Crippen LogP) is 2.22. The molecule has 1 aromatic carbocycles. The van der Waals surface area contributed by atoms with E-state index in [1.807, 2.05) is 6.07 Å². The van der Waals surface area contributed by atoms with Crippen molar-refractivity contribution in [3.63, 3.8) is 0 Å². The van der Waals surface area contributed by atoms with Crippen molar-refractivity contribution in [2.24, 2.45) is 0 Å². The number of rotatable bonds is 2. The van der Waals surface area contributed by atoms with Gasteiger partial charge < -0.3 is 0 Å². The second-order valence-electron chi connectivity index (χ2n) is 2.16. The van der Waals surface area contributed by atoms with Crippen LogP contribution in [0.4, 0.5) is 0 Å². The maximum Gasteiger partial charge on any atom is 0.235 e. The average Bonchev–Trinajstić information content (AvgIpc) is 2.03. The zero-order valence-corrected chi connectivity index (χ0v) is 7.07. The third-order valence-corrected chi connectivity index (χ3v) is 1.72. The van der Waals surface area contributed by atoms with Gasteiger partial charge in [-0.25, -0.2) is 0 Å². The Bertz CT molecular complexity index is 323. The molecule has 0 unspecified atom stereocenters. The third kappa shape index (κ3) is 2.39. The van der Waals surface area contributed by atoms with Crippen LogP contribution in [0.1, 0.15) is 5.56 Å². The molecule has 3 nitrogen and oxygen atoms in total. The maximum atomic E-state index is 9.98. The predicted molar refractivity (Wildman–Crippen MR) is 49.7 cm³/mol. The highest BCUT2D eigenvalue weighted by Crippen LogP contribution is 2.13. The van der Waals surface area contributed by atoms with E-state index in [9.17, 15) is 10.1 Å². The lowest BCUT2D eigenvalue weighted by Gasteiger charge is -1.94. The molecule has 62 valence electrons. The average molecular weight is 181 g/mol. The summed E-state index contributed by atoms with van der Waals surface area (Å²) in [5.41, 5.74) is 0.748. The first-order valence-electron chi connectivity index (χ1n) is 3.30. The van der Waals surface area contributed by atoms with Gasteiger partial charge in [0, 0.05) is 11.0 Å². The van der Waals surface area contributed by atoms with E-state index in [2.05, 4.69) is 12.6 Å². The van der Waals surface area contributed by atoms with Crippen molar-refractivity contribution in [1.82, 2.24) is 0 Å². The van der Waals surface area contributed by atoms with E-state index in [1.165, 1.54) is 6.08 Å². The number of benzene rings is 1. The standard InChI is InChI=1S/C8H7NO2S/c10-9(11)6-5-7-3-1-2-4-8(7)12/h1-6,12H/b6-5+. The molecule has 0 radical (unpaired) electrons. The zero-order valence-electron chi connectivity index (χ0n) is 6.18. The second-order valence-corrected chi connectivity index (χ2v) is 2.64. The fourth-order valence-electron chi connectivity index (χ4n) is 0.770. The zero-order chi connectivity index (χ0) is 8.97. The highest BCUT2D eigenvalue weighted by Gasteiger charge is 1.93. The Kier molecular flexibility index (Phi) is 2.88. The van der Waals surface area contributed by atoms with Crippen LogP contribution < -0.4 is 0 Å². The second kappa shape index (κ2) is 3.92. The van der Waals surface area contributed by atoms with E-state index in [0.29, 0.717) is 0 Å². The van der Waals surface area contributed by atoms with E-state index in [4.69, 9.17) is 0 Å². The van der Waals surface area contributed by atoms with Crippen LogP contribution >= 0.6 is 12.6 Å². The minimum Gasteiger partial charge on any atom is -0.259 e. The molecule has 0 aliphatic carbocycles. The van der Waals surface area contributed by atoms with Crippen molar-refractivity contribution in [3.8, 4) is 0 Å². The Morgan fingerprint density at radius 2 is 2.08 bits per heavy atom. The van der Waals surface area contributed by atoms with Gasteiger partial charge in [-0.2, -0.15) is 0 Å². The summed E-state index contributed by atoms with van der Waals surface area (Å²) in [4.78, 5) is 10.2. The highest BCUT2D eigenvalue weighted by atomic mass is 32.1. The molecular formula is C8H7NO2S. The van der Waals surface area contributed by atoms with Gasteiger partial charge in [0.05, 0.1) is 4.92 Å². The van der Waals surface area contributed by atoms with E-state index in [0.717, 1.165) is 16.7 Å². The molecule has 0 saturated carbocycles. The van der Waals surface area contributed by atoms with Gasteiger partial charge in [-0.1, -0.05) is 18.2 Å². The molecule has 1 rings (SSSR count). The fraction of sp³-hybridized carbons (Fsp3) is 0. The number of nitro groups is 1. The molecule has 0 N–H and O–H groups in total. The number of nitrogens with zero attached hydrogens (tertiary/aromatic N) is 1. The smallest absolute Gasteiger partial charge is 0.235 e. The molecule has 0 fully saturated rings. The Labute approximate surface area is 75.3 Å². The van der Waals surface area contributed by atoms with Gasteiger partial charge in [-0.3, -0.25) is 10.1 Å². The molecule has 0 aliphatic heterocycles. The van der Waals surface area contributed by atoms with Gasteiger partial charge in [0.1, 0.15) is 0 Å². The van der Waals surface area contributed by atoms with E-state index < -0.39 is 4.92 Å². The van der Waals surface area contributed by atoms with Gasteiger partial charge in [0.25, 0.3) is 0 Å². The number of thiol groups is 1. The summed E-state index contributed by atoms with van der Waals surface area (Å²) in [6, 6.07) is 7.18. The van der Waals surface area contributed by atoms with Crippen LogP contribution in [0.25, 0.3) is 6.08 Å². The fourth-order valence-corrected chi connectivity index (χ4v) is 1.00. The SMILES string of the molecule is O=[N+]([O-])/C=C/c1ccccc1S. The molecule has 0 saturated heterocycles. The van der Waals surface area contributed by atoms with E-state index in [1.54, 1.807) is 18.2 Å². The molecule has 0 aliphatic rings. The molecule has 0 amide bonds.